The molecule has 0 aliphatic carbocycles. The maximum absolute atomic E-state index is 13.5. The number of aryl methyl sites for hydroxylation is 1. The van der Waals surface area contributed by atoms with E-state index in [1.807, 2.05) is 36.1 Å². The molecule has 4 nitrogen and oxygen atoms in total. The van der Waals surface area contributed by atoms with Crippen LogP contribution >= 0.6 is 0 Å². The Balaban J connectivity index is 1.68. The molecule has 2 aromatic carbocycles. The van der Waals surface area contributed by atoms with Crippen LogP contribution in [0, 0.1) is 12.7 Å². The Kier molecular flexibility index (Phi) is 4.81. The molecule has 0 saturated carbocycles. The van der Waals surface area contributed by atoms with E-state index in [1.165, 1.54) is 13.2 Å². The maximum Gasteiger partial charge on any atom is 0.241 e. The Morgan fingerprint density at radius 3 is 2.67 bits per heavy atom. The summed E-state index contributed by atoms with van der Waals surface area (Å²) < 4.78 is 18.5. The quantitative estimate of drug-likeness (QED) is 0.865. The van der Waals surface area contributed by atoms with E-state index in [-0.39, 0.29) is 17.5 Å². The molecular formula is C19H21FN2O2. The average Bonchev–Trinajstić information content (AvgIpc) is 2.58. The Labute approximate surface area is 141 Å². The Morgan fingerprint density at radius 2 is 1.96 bits per heavy atom. The van der Waals surface area contributed by atoms with Gasteiger partial charge in [-0.1, -0.05) is 24.3 Å². The summed E-state index contributed by atoms with van der Waals surface area (Å²) in [5.74, 6) is -0.0521. The van der Waals surface area contributed by atoms with Crippen LogP contribution in [0.25, 0.3) is 0 Å². The second kappa shape index (κ2) is 7.01. The summed E-state index contributed by atoms with van der Waals surface area (Å²) in [6.45, 7) is 4.40. The first-order chi connectivity index (χ1) is 11.6. The fourth-order valence-electron chi connectivity index (χ4n) is 3.04. The van der Waals surface area contributed by atoms with Gasteiger partial charge in [0.05, 0.1) is 13.7 Å². The van der Waals surface area contributed by atoms with E-state index in [0.717, 1.165) is 23.4 Å². The SMILES string of the molecule is COc1cc(CN2CCN(c3ccccc3C)C(=O)C2)ccc1F. The summed E-state index contributed by atoms with van der Waals surface area (Å²) in [5, 5.41) is 0. The highest BCUT2D eigenvalue weighted by Crippen LogP contribution is 2.23. The minimum absolute atomic E-state index is 0.0876. The van der Waals surface area contributed by atoms with Crippen LogP contribution in [0.5, 0.6) is 5.75 Å². The van der Waals surface area contributed by atoms with Crippen molar-refractivity contribution < 1.29 is 13.9 Å². The van der Waals surface area contributed by atoms with E-state index < -0.39 is 0 Å². The highest BCUT2D eigenvalue weighted by molar-refractivity contribution is 5.96. The van der Waals surface area contributed by atoms with Gasteiger partial charge in [-0.2, -0.15) is 0 Å². The van der Waals surface area contributed by atoms with Crippen LogP contribution in [0.1, 0.15) is 11.1 Å². The summed E-state index contributed by atoms with van der Waals surface area (Å²) >= 11 is 0. The maximum atomic E-state index is 13.5. The minimum atomic E-state index is -0.373. The van der Waals surface area contributed by atoms with E-state index in [0.29, 0.717) is 19.6 Å². The lowest BCUT2D eigenvalue weighted by Crippen LogP contribution is -2.50. The van der Waals surface area contributed by atoms with Gasteiger partial charge in [0.2, 0.25) is 5.91 Å². The Bertz CT molecular complexity index is 748. The molecule has 126 valence electrons. The third-order valence-corrected chi connectivity index (χ3v) is 4.33. The van der Waals surface area contributed by atoms with Gasteiger partial charge in [0.1, 0.15) is 0 Å². The van der Waals surface area contributed by atoms with Crippen molar-refractivity contribution in [2.45, 2.75) is 13.5 Å². The Morgan fingerprint density at radius 1 is 1.17 bits per heavy atom. The molecule has 1 fully saturated rings. The zero-order valence-corrected chi connectivity index (χ0v) is 14.0. The van der Waals surface area contributed by atoms with Crippen LogP contribution in [0.15, 0.2) is 42.5 Å². The van der Waals surface area contributed by atoms with Crippen LogP contribution in [-0.2, 0) is 11.3 Å². The van der Waals surface area contributed by atoms with E-state index in [9.17, 15) is 9.18 Å². The van der Waals surface area contributed by atoms with Gasteiger partial charge in [0.15, 0.2) is 11.6 Å². The number of halogens is 1. The molecule has 3 rings (SSSR count). The summed E-state index contributed by atoms with van der Waals surface area (Å²) in [6, 6.07) is 12.7. The number of carbonyl (C=O) groups is 1. The molecule has 0 N–H and O–H groups in total. The highest BCUT2D eigenvalue weighted by atomic mass is 19.1. The molecule has 0 spiro atoms. The molecule has 0 aromatic heterocycles. The molecule has 1 saturated heterocycles. The van der Waals surface area contributed by atoms with Crippen LogP contribution in [-0.4, -0.2) is 37.6 Å². The molecule has 0 atom stereocenters. The normalized spacial score (nSPS) is 15.6. The number of hydrogen-bond donors (Lipinski definition) is 0. The lowest BCUT2D eigenvalue weighted by Gasteiger charge is -2.35. The molecule has 1 heterocycles. The second-order valence-corrected chi connectivity index (χ2v) is 6.01. The molecule has 0 bridgehead atoms. The van der Waals surface area contributed by atoms with Crippen LogP contribution in [0.4, 0.5) is 10.1 Å². The number of carbonyl (C=O) groups excluding carboxylic acids is 1. The van der Waals surface area contributed by atoms with E-state index in [2.05, 4.69) is 4.90 Å². The number of methoxy groups -OCH3 is 1. The zero-order chi connectivity index (χ0) is 17.1. The first-order valence-corrected chi connectivity index (χ1v) is 7.99. The van der Waals surface area contributed by atoms with E-state index >= 15 is 0 Å². The minimum Gasteiger partial charge on any atom is -0.494 e. The monoisotopic (exact) mass is 328 g/mol. The fourth-order valence-corrected chi connectivity index (χ4v) is 3.04. The number of hydrogen-bond acceptors (Lipinski definition) is 3. The lowest BCUT2D eigenvalue weighted by molar-refractivity contribution is -0.121. The molecule has 1 aliphatic rings. The van der Waals surface area contributed by atoms with E-state index in [4.69, 9.17) is 4.74 Å². The van der Waals surface area contributed by atoms with Crippen molar-refractivity contribution in [3.63, 3.8) is 0 Å². The van der Waals surface area contributed by atoms with Crippen LogP contribution < -0.4 is 9.64 Å². The van der Waals surface area contributed by atoms with Gasteiger partial charge in [-0.3, -0.25) is 9.69 Å². The number of amides is 1. The number of nitrogens with zero attached hydrogens (tertiary/aromatic N) is 2. The first kappa shape index (κ1) is 16.5. The summed E-state index contributed by atoms with van der Waals surface area (Å²) in [4.78, 5) is 16.4. The number of para-hydroxylation sites is 1. The lowest BCUT2D eigenvalue weighted by atomic mass is 10.1. The van der Waals surface area contributed by atoms with Gasteiger partial charge >= 0.3 is 0 Å². The van der Waals surface area contributed by atoms with Crippen molar-refractivity contribution in [3.8, 4) is 5.75 Å². The van der Waals surface area contributed by atoms with Gasteiger partial charge in [0.25, 0.3) is 0 Å². The van der Waals surface area contributed by atoms with Gasteiger partial charge in [-0.05, 0) is 36.2 Å². The summed E-state index contributed by atoms with van der Waals surface area (Å²) in [6.07, 6.45) is 0. The Hall–Kier alpha value is -2.40. The third kappa shape index (κ3) is 3.41. The standard InChI is InChI=1S/C19H21FN2O2/c1-14-5-3-4-6-17(14)22-10-9-21(13-19(22)23)12-15-7-8-16(20)18(11-15)24-2/h3-8,11H,9-10,12-13H2,1-2H3. The van der Waals surface area contributed by atoms with Crippen molar-refractivity contribution in [1.82, 2.24) is 4.90 Å². The summed E-state index contributed by atoms with van der Waals surface area (Å²) in [7, 11) is 1.45. The second-order valence-electron chi connectivity index (χ2n) is 6.01. The highest BCUT2D eigenvalue weighted by Gasteiger charge is 2.25. The van der Waals surface area contributed by atoms with Crippen LogP contribution in [0.3, 0.4) is 0 Å². The van der Waals surface area contributed by atoms with Crippen molar-refractivity contribution in [1.29, 1.82) is 0 Å². The number of rotatable bonds is 4. The number of piperazine rings is 1. The predicted molar refractivity (Wildman–Crippen MR) is 91.8 cm³/mol. The zero-order valence-electron chi connectivity index (χ0n) is 14.0. The largest absolute Gasteiger partial charge is 0.494 e. The predicted octanol–water partition coefficient (Wildman–Crippen LogP) is 2.99. The van der Waals surface area contributed by atoms with Gasteiger partial charge < -0.3 is 9.64 Å². The molecule has 1 amide bonds. The molecule has 1 aliphatic heterocycles. The molecule has 0 unspecified atom stereocenters. The molecule has 24 heavy (non-hydrogen) atoms. The molecular weight excluding hydrogens is 307 g/mol. The van der Waals surface area contributed by atoms with Crippen LogP contribution in [0.2, 0.25) is 0 Å². The average molecular weight is 328 g/mol. The molecule has 2 aromatic rings. The van der Waals surface area contributed by atoms with Crippen molar-refractivity contribution >= 4 is 11.6 Å². The number of anilines is 1. The van der Waals surface area contributed by atoms with Crippen molar-refractivity contribution in [2.75, 3.05) is 31.6 Å². The van der Waals surface area contributed by atoms with Gasteiger partial charge in [-0.15, -0.1) is 0 Å². The third-order valence-electron chi connectivity index (χ3n) is 4.33. The molecule has 0 radical (unpaired) electrons. The van der Waals surface area contributed by atoms with Crippen molar-refractivity contribution in [2.24, 2.45) is 0 Å². The van der Waals surface area contributed by atoms with Gasteiger partial charge in [-0.25, -0.2) is 4.39 Å². The number of ether oxygens (including phenoxy) is 1. The van der Waals surface area contributed by atoms with E-state index in [1.54, 1.807) is 12.1 Å². The van der Waals surface area contributed by atoms with Crippen molar-refractivity contribution in [3.05, 3.63) is 59.4 Å². The topological polar surface area (TPSA) is 32.8 Å². The first-order valence-electron chi connectivity index (χ1n) is 7.99. The molecule has 5 heteroatoms. The number of benzene rings is 2. The fraction of sp³-hybridized carbons (Fsp3) is 0.316. The van der Waals surface area contributed by atoms with Gasteiger partial charge in [0, 0.05) is 25.3 Å². The smallest absolute Gasteiger partial charge is 0.241 e. The summed E-state index contributed by atoms with van der Waals surface area (Å²) in [5.41, 5.74) is 3.01.